The molecule has 172 valence electrons. The lowest BCUT2D eigenvalue weighted by atomic mass is 10.0. The molecule has 3 rings (SSSR count). The Bertz CT molecular complexity index is 1070. The molecule has 0 fully saturated rings. The fourth-order valence-electron chi connectivity index (χ4n) is 3.75. The number of amides is 2. The van der Waals surface area contributed by atoms with Gasteiger partial charge in [-0.05, 0) is 55.2 Å². The molecule has 0 saturated heterocycles. The number of likely N-dealkylation sites (N-methyl/N-ethyl adjacent to an activating group) is 1. The maximum atomic E-state index is 13.5. The maximum Gasteiger partial charge on any atom is 0.261 e. The number of hydrogen-bond acceptors (Lipinski definition) is 3. The third-order valence-corrected chi connectivity index (χ3v) is 5.58. The fourth-order valence-corrected chi connectivity index (χ4v) is 3.75. The number of carbonyl (C=O) groups is 2. The van der Waals surface area contributed by atoms with Crippen molar-refractivity contribution in [1.29, 1.82) is 0 Å². The number of hydrogen-bond donors (Lipinski definition) is 1. The third kappa shape index (κ3) is 6.94. The molecule has 3 aromatic carbocycles. The van der Waals surface area contributed by atoms with Gasteiger partial charge in [-0.3, -0.25) is 9.59 Å². The smallest absolute Gasteiger partial charge is 0.261 e. The Labute approximate surface area is 196 Å². The van der Waals surface area contributed by atoms with Crippen molar-refractivity contribution < 1.29 is 14.3 Å². The van der Waals surface area contributed by atoms with E-state index in [1.54, 1.807) is 4.90 Å². The van der Waals surface area contributed by atoms with E-state index in [9.17, 15) is 9.59 Å². The van der Waals surface area contributed by atoms with Crippen molar-refractivity contribution in [3.8, 4) is 5.75 Å². The second kappa shape index (κ2) is 11.9. The number of nitrogens with one attached hydrogen (secondary N) is 1. The van der Waals surface area contributed by atoms with Gasteiger partial charge in [0.1, 0.15) is 11.8 Å². The van der Waals surface area contributed by atoms with E-state index in [1.807, 2.05) is 99.6 Å². The Morgan fingerprint density at radius 1 is 0.939 bits per heavy atom. The van der Waals surface area contributed by atoms with Crippen molar-refractivity contribution in [2.45, 2.75) is 39.8 Å². The van der Waals surface area contributed by atoms with E-state index in [4.69, 9.17) is 4.74 Å². The molecule has 0 unspecified atom stereocenters. The zero-order valence-electron chi connectivity index (χ0n) is 19.6. The zero-order valence-corrected chi connectivity index (χ0v) is 19.6. The van der Waals surface area contributed by atoms with E-state index in [-0.39, 0.29) is 18.4 Å². The summed E-state index contributed by atoms with van der Waals surface area (Å²) >= 11 is 0. The Morgan fingerprint density at radius 3 is 2.36 bits per heavy atom. The summed E-state index contributed by atoms with van der Waals surface area (Å²) in [7, 11) is 0. The molecule has 0 heterocycles. The minimum Gasteiger partial charge on any atom is -0.484 e. The van der Waals surface area contributed by atoms with Crippen LogP contribution >= 0.6 is 0 Å². The van der Waals surface area contributed by atoms with Gasteiger partial charge in [-0.1, -0.05) is 66.7 Å². The summed E-state index contributed by atoms with van der Waals surface area (Å²) in [6.45, 7) is 6.56. The lowest BCUT2D eigenvalue weighted by Gasteiger charge is -2.31. The van der Waals surface area contributed by atoms with E-state index in [2.05, 4.69) is 5.32 Å². The highest BCUT2D eigenvalue weighted by Crippen LogP contribution is 2.18. The number of aryl methyl sites for hydroxylation is 2. The second-order valence-corrected chi connectivity index (χ2v) is 8.15. The quantitative estimate of drug-likeness (QED) is 0.502. The van der Waals surface area contributed by atoms with E-state index in [0.717, 1.165) is 22.3 Å². The first-order chi connectivity index (χ1) is 16.0. The van der Waals surface area contributed by atoms with Gasteiger partial charge < -0.3 is 15.0 Å². The molecule has 0 bridgehead atoms. The predicted molar refractivity (Wildman–Crippen MR) is 131 cm³/mol. The van der Waals surface area contributed by atoms with Crippen LogP contribution in [0.2, 0.25) is 0 Å². The summed E-state index contributed by atoms with van der Waals surface area (Å²) in [6, 6.07) is 24.7. The molecule has 0 radical (unpaired) electrons. The molecule has 0 aliphatic heterocycles. The molecule has 0 saturated carbocycles. The largest absolute Gasteiger partial charge is 0.484 e. The van der Waals surface area contributed by atoms with Gasteiger partial charge in [-0.25, -0.2) is 0 Å². The van der Waals surface area contributed by atoms with Crippen molar-refractivity contribution in [2.75, 3.05) is 13.2 Å². The summed E-state index contributed by atoms with van der Waals surface area (Å²) < 4.78 is 5.81. The van der Waals surface area contributed by atoms with Gasteiger partial charge in [0.25, 0.3) is 5.91 Å². The van der Waals surface area contributed by atoms with E-state index in [0.29, 0.717) is 25.3 Å². The molecule has 1 N–H and O–H groups in total. The fraction of sp³-hybridized carbons (Fsp3) is 0.286. The Hall–Kier alpha value is -3.60. The van der Waals surface area contributed by atoms with Crippen LogP contribution in [0.1, 0.15) is 29.2 Å². The molecule has 0 aliphatic carbocycles. The Kier molecular flexibility index (Phi) is 8.64. The standard InChI is InChI=1S/C28H32N2O3/c1-4-29-28(32)26(18-23-13-6-5-7-14-23)30(19-24-15-9-8-12-22(24)3)27(31)20-33-25-16-10-11-21(2)17-25/h5-17,26H,4,18-20H2,1-3H3,(H,29,32)/t26-/m1/s1. The second-order valence-electron chi connectivity index (χ2n) is 8.15. The van der Waals surface area contributed by atoms with Gasteiger partial charge >= 0.3 is 0 Å². The number of ether oxygens (including phenoxy) is 1. The molecule has 33 heavy (non-hydrogen) atoms. The van der Waals surface area contributed by atoms with Gasteiger partial charge in [-0.15, -0.1) is 0 Å². The highest BCUT2D eigenvalue weighted by Gasteiger charge is 2.30. The van der Waals surface area contributed by atoms with Crippen molar-refractivity contribution in [3.63, 3.8) is 0 Å². The van der Waals surface area contributed by atoms with Crippen molar-refractivity contribution in [3.05, 3.63) is 101 Å². The SMILES string of the molecule is CCNC(=O)[C@@H](Cc1ccccc1)N(Cc1ccccc1C)C(=O)COc1cccc(C)c1. The predicted octanol–water partition coefficient (Wildman–Crippen LogP) is 4.46. The van der Waals surface area contributed by atoms with Crippen molar-refractivity contribution in [2.24, 2.45) is 0 Å². The Morgan fingerprint density at radius 2 is 1.67 bits per heavy atom. The normalized spacial score (nSPS) is 11.5. The van der Waals surface area contributed by atoms with Crippen LogP contribution in [0.5, 0.6) is 5.75 Å². The van der Waals surface area contributed by atoms with Crippen LogP contribution in [0.4, 0.5) is 0 Å². The molecule has 5 nitrogen and oxygen atoms in total. The van der Waals surface area contributed by atoms with E-state index < -0.39 is 6.04 Å². The van der Waals surface area contributed by atoms with E-state index in [1.165, 1.54) is 0 Å². The first kappa shape index (κ1) is 24.1. The number of rotatable bonds is 10. The van der Waals surface area contributed by atoms with Crippen LogP contribution in [0.3, 0.4) is 0 Å². The average molecular weight is 445 g/mol. The van der Waals surface area contributed by atoms with Crippen LogP contribution in [0, 0.1) is 13.8 Å². The van der Waals surface area contributed by atoms with E-state index >= 15 is 0 Å². The van der Waals surface area contributed by atoms with Crippen LogP contribution in [-0.2, 0) is 22.6 Å². The zero-order chi connectivity index (χ0) is 23.6. The van der Waals surface area contributed by atoms with Crippen LogP contribution in [-0.4, -0.2) is 35.9 Å². The number of nitrogens with zero attached hydrogens (tertiary/aromatic N) is 1. The summed E-state index contributed by atoms with van der Waals surface area (Å²) in [5.74, 6) is 0.239. The Balaban J connectivity index is 1.90. The topological polar surface area (TPSA) is 58.6 Å². The summed E-state index contributed by atoms with van der Waals surface area (Å²) in [5.41, 5.74) is 4.13. The van der Waals surface area contributed by atoms with Crippen molar-refractivity contribution in [1.82, 2.24) is 10.2 Å². The summed E-state index contributed by atoms with van der Waals surface area (Å²) in [4.78, 5) is 28.3. The molecule has 0 spiro atoms. The summed E-state index contributed by atoms with van der Waals surface area (Å²) in [6.07, 6.45) is 0.425. The molecular formula is C28H32N2O3. The average Bonchev–Trinajstić information content (AvgIpc) is 2.82. The minimum atomic E-state index is -0.652. The van der Waals surface area contributed by atoms with Gasteiger partial charge in [0.15, 0.2) is 6.61 Å². The minimum absolute atomic E-state index is 0.139. The monoisotopic (exact) mass is 444 g/mol. The van der Waals surface area contributed by atoms with Crippen LogP contribution in [0.25, 0.3) is 0 Å². The lowest BCUT2D eigenvalue weighted by Crippen LogP contribution is -2.51. The van der Waals surface area contributed by atoms with Gasteiger partial charge in [0.2, 0.25) is 5.91 Å². The maximum absolute atomic E-state index is 13.5. The van der Waals surface area contributed by atoms with Gasteiger partial charge in [-0.2, -0.15) is 0 Å². The first-order valence-corrected chi connectivity index (χ1v) is 11.3. The molecule has 3 aromatic rings. The highest BCUT2D eigenvalue weighted by atomic mass is 16.5. The number of carbonyl (C=O) groups excluding carboxylic acids is 2. The highest BCUT2D eigenvalue weighted by molar-refractivity contribution is 5.88. The molecule has 2 amide bonds. The molecule has 5 heteroatoms. The van der Waals surface area contributed by atoms with Gasteiger partial charge in [0.05, 0.1) is 0 Å². The first-order valence-electron chi connectivity index (χ1n) is 11.3. The molecule has 0 aliphatic rings. The van der Waals surface area contributed by atoms with Gasteiger partial charge in [0, 0.05) is 19.5 Å². The van der Waals surface area contributed by atoms with Crippen LogP contribution < -0.4 is 10.1 Å². The molecule has 1 atom stereocenters. The number of benzene rings is 3. The third-order valence-electron chi connectivity index (χ3n) is 5.58. The lowest BCUT2D eigenvalue weighted by molar-refractivity contribution is -0.142. The molecule has 0 aromatic heterocycles. The molecular weight excluding hydrogens is 412 g/mol. The van der Waals surface area contributed by atoms with Crippen molar-refractivity contribution >= 4 is 11.8 Å². The van der Waals surface area contributed by atoms with Crippen LogP contribution in [0.15, 0.2) is 78.9 Å². The summed E-state index contributed by atoms with van der Waals surface area (Å²) in [5, 5.41) is 2.91.